The van der Waals surface area contributed by atoms with Gasteiger partial charge in [-0.05, 0) is 30.9 Å². The molecular weight excluding hydrogens is 328 g/mol. The fourth-order valence-electron chi connectivity index (χ4n) is 3.30. The zero-order valence-corrected chi connectivity index (χ0v) is 15.7. The molecule has 7 heteroatoms. The number of nitrogens with one attached hydrogen (secondary N) is 2. The van der Waals surface area contributed by atoms with Crippen LogP contribution in [0, 0.1) is 0 Å². The molecule has 3 rings (SSSR count). The first-order chi connectivity index (χ1) is 12.6. The fraction of sp³-hybridized carbons (Fsp3) is 0.526. The quantitative estimate of drug-likeness (QED) is 0.729. The number of nitrogens with zero attached hydrogens (tertiary/aromatic N) is 3. The van der Waals surface area contributed by atoms with Gasteiger partial charge in [-0.2, -0.15) is 5.10 Å². The summed E-state index contributed by atoms with van der Waals surface area (Å²) >= 11 is 0. The van der Waals surface area contributed by atoms with E-state index in [0.717, 1.165) is 41.6 Å². The smallest absolute Gasteiger partial charge is 0.150 e. The number of hydrogen-bond donors (Lipinski definition) is 3. The summed E-state index contributed by atoms with van der Waals surface area (Å²) in [6.07, 6.45) is 6.21. The van der Waals surface area contributed by atoms with Crippen molar-refractivity contribution in [2.75, 3.05) is 17.7 Å². The average molecular weight is 356 g/mol. The molecule has 0 bridgehead atoms. The van der Waals surface area contributed by atoms with Gasteiger partial charge in [-0.1, -0.05) is 26.7 Å². The van der Waals surface area contributed by atoms with Gasteiger partial charge in [0.15, 0.2) is 5.82 Å². The first-order valence-corrected chi connectivity index (χ1v) is 9.23. The molecule has 0 spiro atoms. The van der Waals surface area contributed by atoms with E-state index in [2.05, 4.69) is 39.7 Å². The van der Waals surface area contributed by atoms with Crippen molar-refractivity contribution < 1.29 is 4.74 Å². The standard InChI is InChI=1S/C19H28N6O/c1-12(2)19-16(26-3)8-9-17(24-19)22-13-10-18(25-21-11-13)23-15-7-5-4-6-14(15)20/h8-12,14-15H,4-7,20H2,1-3H3,(H2,22,23,24,25)/t14-,15+/m0/s1. The van der Waals surface area contributed by atoms with Gasteiger partial charge in [0.1, 0.15) is 11.6 Å². The molecule has 4 N–H and O–H groups in total. The number of nitrogens with two attached hydrogens (primary N) is 1. The van der Waals surface area contributed by atoms with Gasteiger partial charge in [-0.3, -0.25) is 0 Å². The zero-order chi connectivity index (χ0) is 18.5. The Labute approximate surface area is 154 Å². The maximum absolute atomic E-state index is 6.21. The third kappa shape index (κ3) is 4.40. The van der Waals surface area contributed by atoms with E-state index < -0.39 is 0 Å². The number of anilines is 3. The molecule has 7 nitrogen and oxygen atoms in total. The maximum atomic E-state index is 6.21. The highest BCUT2D eigenvalue weighted by molar-refractivity contribution is 5.59. The summed E-state index contributed by atoms with van der Waals surface area (Å²) < 4.78 is 5.39. The van der Waals surface area contributed by atoms with Gasteiger partial charge in [0, 0.05) is 18.2 Å². The van der Waals surface area contributed by atoms with Crippen molar-refractivity contribution in [2.45, 2.75) is 57.5 Å². The molecule has 2 aromatic rings. The van der Waals surface area contributed by atoms with Crippen LogP contribution in [0.15, 0.2) is 24.4 Å². The van der Waals surface area contributed by atoms with E-state index in [0.29, 0.717) is 0 Å². The molecule has 0 unspecified atom stereocenters. The van der Waals surface area contributed by atoms with Crippen LogP contribution in [-0.2, 0) is 0 Å². The predicted molar refractivity (Wildman–Crippen MR) is 104 cm³/mol. The van der Waals surface area contributed by atoms with Crippen LogP contribution in [0.4, 0.5) is 17.3 Å². The summed E-state index contributed by atoms with van der Waals surface area (Å²) in [4.78, 5) is 4.67. The van der Waals surface area contributed by atoms with Crippen LogP contribution in [0.3, 0.4) is 0 Å². The number of methoxy groups -OCH3 is 1. The number of pyridine rings is 1. The van der Waals surface area contributed by atoms with E-state index >= 15 is 0 Å². The maximum Gasteiger partial charge on any atom is 0.150 e. The number of aromatic nitrogens is 3. The fourth-order valence-corrected chi connectivity index (χ4v) is 3.30. The average Bonchev–Trinajstić information content (AvgIpc) is 2.64. The van der Waals surface area contributed by atoms with Gasteiger partial charge >= 0.3 is 0 Å². The monoisotopic (exact) mass is 356 g/mol. The molecule has 0 amide bonds. The van der Waals surface area contributed by atoms with E-state index in [1.165, 1.54) is 12.8 Å². The Balaban J connectivity index is 1.73. The van der Waals surface area contributed by atoms with Crippen LogP contribution in [0.5, 0.6) is 5.75 Å². The number of hydrogen-bond acceptors (Lipinski definition) is 7. The van der Waals surface area contributed by atoms with E-state index in [-0.39, 0.29) is 18.0 Å². The van der Waals surface area contributed by atoms with E-state index in [4.69, 9.17) is 10.5 Å². The first-order valence-electron chi connectivity index (χ1n) is 9.23. The van der Waals surface area contributed by atoms with Crippen LogP contribution < -0.4 is 21.1 Å². The summed E-state index contributed by atoms with van der Waals surface area (Å²) in [7, 11) is 1.66. The summed E-state index contributed by atoms with van der Waals surface area (Å²) in [5.74, 6) is 2.55. The predicted octanol–water partition coefficient (Wildman–Crippen LogP) is 3.43. The molecule has 1 saturated carbocycles. The van der Waals surface area contributed by atoms with Crippen LogP contribution in [0.1, 0.15) is 51.1 Å². The SMILES string of the molecule is COc1ccc(Nc2cnnc(N[C@@H]3CCCC[C@@H]3N)c2)nc1C(C)C. The second-order valence-electron chi connectivity index (χ2n) is 7.09. The lowest BCUT2D eigenvalue weighted by atomic mass is 9.91. The molecule has 1 fully saturated rings. The van der Waals surface area contributed by atoms with E-state index in [9.17, 15) is 0 Å². The molecule has 26 heavy (non-hydrogen) atoms. The molecule has 2 aromatic heterocycles. The van der Waals surface area contributed by atoms with Crippen molar-refractivity contribution >= 4 is 17.3 Å². The lowest BCUT2D eigenvalue weighted by Crippen LogP contribution is -2.42. The lowest BCUT2D eigenvalue weighted by molar-refractivity contribution is 0.403. The molecular formula is C19H28N6O. The van der Waals surface area contributed by atoms with Crippen molar-refractivity contribution in [3.8, 4) is 5.75 Å². The molecule has 0 saturated heterocycles. The second kappa shape index (κ2) is 8.31. The van der Waals surface area contributed by atoms with Gasteiger partial charge < -0.3 is 21.1 Å². The highest BCUT2D eigenvalue weighted by atomic mass is 16.5. The minimum absolute atomic E-state index is 0.166. The highest BCUT2D eigenvalue weighted by Gasteiger charge is 2.22. The van der Waals surface area contributed by atoms with Gasteiger partial charge in [-0.25, -0.2) is 4.98 Å². The summed E-state index contributed by atoms with van der Waals surface area (Å²) in [6.45, 7) is 4.19. The Morgan fingerprint density at radius 3 is 2.73 bits per heavy atom. The molecule has 2 atom stereocenters. The van der Waals surface area contributed by atoms with Crippen LogP contribution >= 0.6 is 0 Å². The minimum atomic E-state index is 0.166. The Hall–Kier alpha value is -2.41. The molecule has 0 aromatic carbocycles. The summed E-state index contributed by atoms with van der Waals surface area (Å²) in [5, 5.41) is 15.0. The molecule has 1 aliphatic carbocycles. The number of rotatable bonds is 6. The Bertz CT molecular complexity index is 736. The van der Waals surface area contributed by atoms with Crippen molar-refractivity contribution in [1.29, 1.82) is 0 Å². The van der Waals surface area contributed by atoms with Crippen LogP contribution in [-0.4, -0.2) is 34.4 Å². The molecule has 140 valence electrons. The van der Waals surface area contributed by atoms with Gasteiger partial charge in [-0.15, -0.1) is 5.10 Å². The van der Waals surface area contributed by atoms with Crippen molar-refractivity contribution in [3.05, 3.63) is 30.1 Å². The molecule has 0 radical (unpaired) electrons. The van der Waals surface area contributed by atoms with Crippen LogP contribution in [0.2, 0.25) is 0 Å². The van der Waals surface area contributed by atoms with E-state index in [1.54, 1.807) is 13.3 Å². The van der Waals surface area contributed by atoms with Gasteiger partial charge in [0.25, 0.3) is 0 Å². The van der Waals surface area contributed by atoms with Crippen molar-refractivity contribution in [1.82, 2.24) is 15.2 Å². The highest BCUT2D eigenvalue weighted by Crippen LogP contribution is 2.27. The zero-order valence-electron chi connectivity index (χ0n) is 15.7. The number of ether oxygens (including phenoxy) is 1. The first kappa shape index (κ1) is 18.4. The minimum Gasteiger partial charge on any atom is -0.495 e. The molecule has 0 aliphatic heterocycles. The second-order valence-corrected chi connectivity index (χ2v) is 7.09. The topological polar surface area (TPSA) is 98.0 Å². The summed E-state index contributed by atoms with van der Waals surface area (Å²) in [5.41, 5.74) is 7.97. The third-order valence-corrected chi connectivity index (χ3v) is 4.73. The largest absolute Gasteiger partial charge is 0.495 e. The molecule has 2 heterocycles. The Kier molecular flexibility index (Phi) is 5.88. The Morgan fingerprint density at radius 2 is 2.00 bits per heavy atom. The summed E-state index contributed by atoms with van der Waals surface area (Å²) in [6, 6.07) is 6.18. The normalized spacial score (nSPS) is 20.0. The van der Waals surface area contributed by atoms with Gasteiger partial charge in [0.2, 0.25) is 0 Å². The van der Waals surface area contributed by atoms with Crippen LogP contribution in [0.25, 0.3) is 0 Å². The Morgan fingerprint density at radius 1 is 1.19 bits per heavy atom. The molecule has 1 aliphatic rings. The van der Waals surface area contributed by atoms with Crippen molar-refractivity contribution in [2.24, 2.45) is 5.73 Å². The van der Waals surface area contributed by atoms with E-state index in [1.807, 2.05) is 18.2 Å². The van der Waals surface area contributed by atoms with Crippen molar-refractivity contribution in [3.63, 3.8) is 0 Å². The lowest BCUT2D eigenvalue weighted by Gasteiger charge is -2.29. The van der Waals surface area contributed by atoms with Gasteiger partial charge in [0.05, 0.1) is 24.7 Å². The third-order valence-electron chi connectivity index (χ3n) is 4.73.